The number of thiazole rings is 1. The smallest absolute Gasteiger partial charge is 0.183 e. The number of rotatable bonds is 5. The highest BCUT2D eigenvalue weighted by atomic mass is 32.1. The zero-order valence-corrected chi connectivity index (χ0v) is 12.8. The van der Waals surface area contributed by atoms with Gasteiger partial charge in [-0.25, -0.2) is 4.98 Å². The molecule has 0 amide bonds. The Morgan fingerprint density at radius 3 is 2.26 bits per heavy atom. The summed E-state index contributed by atoms with van der Waals surface area (Å²) in [6, 6.07) is 8.77. The van der Waals surface area contributed by atoms with Gasteiger partial charge in [-0.3, -0.25) is 0 Å². The molecule has 0 spiro atoms. The first-order valence-electron chi connectivity index (χ1n) is 6.70. The zero-order chi connectivity index (χ0) is 13.8. The van der Waals surface area contributed by atoms with Gasteiger partial charge in [-0.05, 0) is 38.5 Å². The van der Waals surface area contributed by atoms with Crippen LogP contribution in [0.5, 0.6) is 0 Å². The number of aromatic nitrogens is 1. The van der Waals surface area contributed by atoms with E-state index in [0.717, 1.165) is 23.9 Å². The molecule has 3 nitrogen and oxygen atoms in total. The highest BCUT2D eigenvalue weighted by Gasteiger charge is 2.09. The number of aryl methyl sites for hydroxylation is 1. The van der Waals surface area contributed by atoms with Gasteiger partial charge in [-0.2, -0.15) is 0 Å². The van der Waals surface area contributed by atoms with Crippen LogP contribution in [0.3, 0.4) is 0 Å². The van der Waals surface area contributed by atoms with Crippen molar-refractivity contribution in [2.24, 2.45) is 0 Å². The van der Waals surface area contributed by atoms with Gasteiger partial charge in [-0.1, -0.05) is 23.5 Å². The summed E-state index contributed by atoms with van der Waals surface area (Å²) in [7, 11) is 1.91. The Hall–Kier alpha value is -1.55. The summed E-state index contributed by atoms with van der Waals surface area (Å²) in [6.07, 6.45) is 0. The molecule has 4 heteroatoms. The lowest BCUT2D eigenvalue weighted by Crippen LogP contribution is -2.21. The van der Waals surface area contributed by atoms with Crippen molar-refractivity contribution in [3.8, 4) is 10.4 Å². The van der Waals surface area contributed by atoms with Gasteiger partial charge in [0.15, 0.2) is 5.13 Å². The second-order valence-corrected chi connectivity index (χ2v) is 5.40. The Morgan fingerprint density at radius 2 is 1.79 bits per heavy atom. The van der Waals surface area contributed by atoms with Crippen molar-refractivity contribution < 1.29 is 0 Å². The summed E-state index contributed by atoms with van der Waals surface area (Å²) < 4.78 is 0. The van der Waals surface area contributed by atoms with Crippen molar-refractivity contribution in [3.63, 3.8) is 0 Å². The van der Waals surface area contributed by atoms with Crippen LogP contribution in [0.1, 0.15) is 19.5 Å². The van der Waals surface area contributed by atoms with Crippen molar-refractivity contribution in [2.75, 3.05) is 30.4 Å². The fourth-order valence-corrected chi connectivity index (χ4v) is 3.11. The molecule has 2 rings (SSSR count). The molecule has 1 heterocycles. The van der Waals surface area contributed by atoms with E-state index in [4.69, 9.17) is 0 Å². The monoisotopic (exact) mass is 275 g/mol. The molecule has 0 bridgehead atoms. The molecule has 102 valence electrons. The van der Waals surface area contributed by atoms with Crippen molar-refractivity contribution in [2.45, 2.75) is 20.8 Å². The van der Waals surface area contributed by atoms with Crippen LogP contribution in [0.15, 0.2) is 24.3 Å². The van der Waals surface area contributed by atoms with Crippen molar-refractivity contribution in [1.29, 1.82) is 0 Å². The average molecular weight is 275 g/mol. The van der Waals surface area contributed by atoms with Crippen LogP contribution < -0.4 is 10.2 Å². The molecule has 0 radical (unpaired) electrons. The molecule has 1 N–H and O–H groups in total. The van der Waals surface area contributed by atoms with Crippen molar-refractivity contribution in [1.82, 2.24) is 4.98 Å². The predicted octanol–water partition coefficient (Wildman–Crippen LogP) is 4.01. The SMILES string of the molecule is CCN(CC)c1ccc(-c2sc(NC)nc2C)cc1. The highest BCUT2D eigenvalue weighted by Crippen LogP contribution is 2.33. The topological polar surface area (TPSA) is 28.2 Å². The minimum atomic E-state index is 0.973. The van der Waals surface area contributed by atoms with Gasteiger partial charge < -0.3 is 10.2 Å². The first-order chi connectivity index (χ1) is 9.19. The molecule has 0 saturated heterocycles. The van der Waals surface area contributed by atoms with E-state index in [9.17, 15) is 0 Å². The van der Waals surface area contributed by atoms with Crippen LogP contribution in [0.25, 0.3) is 10.4 Å². The number of benzene rings is 1. The molecule has 0 atom stereocenters. The standard InChI is InChI=1S/C15H21N3S/c1-5-18(6-2)13-9-7-12(8-10-13)14-11(3)17-15(16-4)19-14/h7-10H,5-6H2,1-4H3,(H,16,17). The van der Waals surface area contributed by atoms with Gasteiger partial charge in [0.25, 0.3) is 0 Å². The van der Waals surface area contributed by atoms with Gasteiger partial charge in [-0.15, -0.1) is 0 Å². The Balaban J connectivity index is 2.29. The van der Waals surface area contributed by atoms with E-state index < -0.39 is 0 Å². The molecule has 0 fully saturated rings. The second kappa shape index (κ2) is 6.06. The lowest BCUT2D eigenvalue weighted by Gasteiger charge is -2.21. The molecule has 1 aromatic carbocycles. The molecule has 2 aromatic rings. The van der Waals surface area contributed by atoms with Crippen LogP contribution >= 0.6 is 11.3 Å². The molecular formula is C15H21N3S. The molecule has 19 heavy (non-hydrogen) atoms. The van der Waals surface area contributed by atoms with Crippen LogP contribution in [-0.4, -0.2) is 25.1 Å². The van der Waals surface area contributed by atoms with E-state index in [2.05, 4.69) is 60.2 Å². The molecule has 1 aromatic heterocycles. The molecule has 0 aliphatic heterocycles. The van der Waals surface area contributed by atoms with E-state index in [1.807, 2.05) is 7.05 Å². The number of nitrogens with one attached hydrogen (secondary N) is 1. The minimum Gasteiger partial charge on any atom is -0.372 e. The molecule has 0 unspecified atom stereocenters. The third-order valence-corrected chi connectivity index (χ3v) is 4.49. The summed E-state index contributed by atoms with van der Waals surface area (Å²) in [5.41, 5.74) is 3.61. The van der Waals surface area contributed by atoms with E-state index >= 15 is 0 Å². The normalized spacial score (nSPS) is 10.5. The summed E-state index contributed by atoms with van der Waals surface area (Å²) in [6.45, 7) is 8.51. The predicted molar refractivity (Wildman–Crippen MR) is 85.4 cm³/mol. The maximum atomic E-state index is 4.49. The summed E-state index contributed by atoms with van der Waals surface area (Å²) in [5.74, 6) is 0. The average Bonchev–Trinajstić information content (AvgIpc) is 2.82. The number of hydrogen-bond donors (Lipinski definition) is 1. The van der Waals surface area contributed by atoms with Crippen LogP contribution in [0, 0.1) is 6.92 Å². The maximum absolute atomic E-state index is 4.49. The van der Waals surface area contributed by atoms with Gasteiger partial charge in [0.1, 0.15) is 0 Å². The van der Waals surface area contributed by atoms with Gasteiger partial charge in [0.2, 0.25) is 0 Å². The molecule has 0 aliphatic rings. The quantitative estimate of drug-likeness (QED) is 0.893. The first kappa shape index (κ1) is 13.9. The molecular weight excluding hydrogens is 254 g/mol. The zero-order valence-electron chi connectivity index (χ0n) is 12.0. The van der Waals surface area contributed by atoms with Gasteiger partial charge >= 0.3 is 0 Å². The van der Waals surface area contributed by atoms with E-state index in [1.54, 1.807) is 11.3 Å². The Labute approximate surface area is 119 Å². The number of hydrogen-bond acceptors (Lipinski definition) is 4. The lowest BCUT2D eigenvalue weighted by atomic mass is 10.1. The third-order valence-electron chi connectivity index (χ3n) is 3.27. The largest absolute Gasteiger partial charge is 0.372 e. The van der Waals surface area contributed by atoms with Crippen molar-refractivity contribution >= 4 is 22.2 Å². The molecule has 0 saturated carbocycles. The van der Waals surface area contributed by atoms with Gasteiger partial charge in [0.05, 0.1) is 10.6 Å². The van der Waals surface area contributed by atoms with Crippen LogP contribution in [-0.2, 0) is 0 Å². The van der Waals surface area contributed by atoms with Crippen LogP contribution in [0.4, 0.5) is 10.8 Å². The third kappa shape index (κ3) is 2.89. The van der Waals surface area contributed by atoms with Gasteiger partial charge in [0, 0.05) is 25.8 Å². The maximum Gasteiger partial charge on any atom is 0.183 e. The van der Waals surface area contributed by atoms with Crippen LogP contribution in [0.2, 0.25) is 0 Å². The molecule has 0 aliphatic carbocycles. The first-order valence-corrected chi connectivity index (χ1v) is 7.51. The fraction of sp³-hybridized carbons (Fsp3) is 0.400. The van der Waals surface area contributed by atoms with E-state index in [-0.39, 0.29) is 0 Å². The lowest BCUT2D eigenvalue weighted by molar-refractivity contribution is 0.866. The number of nitrogens with zero attached hydrogens (tertiary/aromatic N) is 2. The fourth-order valence-electron chi connectivity index (χ4n) is 2.18. The summed E-state index contributed by atoms with van der Waals surface area (Å²) in [5, 5.41) is 4.08. The van der Waals surface area contributed by atoms with E-state index in [0.29, 0.717) is 0 Å². The Morgan fingerprint density at radius 1 is 1.16 bits per heavy atom. The second-order valence-electron chi connectivity index (χ2n) is 4.40. The minimum absolute atomic E-state index is 0.973. The van der Waals surface area contributed by atoms with E-state index in [1.165, 1.54) is 16.1 Å². The Kier molecular flexibility index (Phi) is 4.43. The summed E-state index contributed by atoms with van der Waals surface area (Å²) >= 11 is 1.70. The highest BCUT2D eigenvalue weighted by molar-refractivity contribution is 7.19. The number of anilines is 2. The summed E-state index contributed by atoms with van der Waals surface area (Å²) in [4.78, 5) is 8.09. The Bertz CT molecular complexity index is 527. The van der Waals surface area contributed by atoms with Crippen molar-refractivity contribution in [3.05, 3.63) is 30.0 Å².